The molecular weight excluding hydrogens is 246 g/mol. The second-order valence-electron chi connectivity index (χ2n) is 3.18. The summed E-state index contributed by atoms with van der Waals surface area (Å²) in [5.41, 5.74) is 0.358. The molecule has 17 heavy (non-hydrogen) atoms. The molecule has 0 fully saturated rings. The monoisotopic (exact) mass is 259 g/mol. The van der Waals surface area contributed by atoms with E-state index in [0.717, 1.165) is 5.06 Å². The summed E-state index contributed by atoms with van der Waals surface area (Å²) in [5.74, 6) is 0.467. The number of nitrogens with zero attached hydrogens (tertiary/aromatic N) is 1. The van der Waals surface area contributed by atoms with Gasteiger partial charge in [-0.3, -0.25) is 9.63 Å². The first-order valence-electron chi connectivity index (χ1n) is 4.78. The van der Waals surface area contributed by atoms with Crippen LogP contribution in [0.25, 0.3) is 0 Å². The zero-order valence-corrected chi connectivity index (χ0v) is 10.9. The summed E-state index contributed by atoms with van der Waals surface area (Å²) in [6.45, 7) is 0. The van der Waals surface area contributed by atoms with Crippen LogP contribution < -0.4 is 9.47 Å². The Balaban J connectivity index is 3.20. The minimum atomic E-state index is -0.324. The molecule has 0 radical (unpaired) electrons. The summed E-state index contributed by atoms with van der Waals surface area (Å²) in [6.07, 6.45) is 0. The SMILES string of the molecule is COc1cc(C(=O)N(C)OC)cc(Cl)c1OC. The van der Waals surface area contributed by atoms with E-state index in [4.69, 9.17) is 25.9 Å². The third-order valence-corrected chi connectivity index (χ3v) is 2.52. The van der Waals surface area contributed by atoms with E-state index in [9.17, 15) is 4.79 Å². The van der Waals surface area contributed by atoms with Gasteiger partial charge in [-0.05, 0) is 12.1 Å². The Morgan fingerprint density at radius 1 is 1.24 bits per heavy atom. The molecule has 0 saturated heterocycles. The lowest BCUT2D eigenvalue weighted by molar-refractivity contribution is -0.0757. The Labute approximate surface area is 105 Å². The maximum absolute atomic E-state index is 11.8. The van der Waals surface area contributed by atoms with E-state index in [1.165, 1.54) is 34.4 Å². The van der Waals surface area contributed by atoms with Gasteiger partial charge in [0.15, 0.2) is 11.5 Å². The number of hydroxylamine groups is 2. The molecule has 0 bridgehead atoms. The van der Waals surface area contributed by atoms with Crippen molar-refractivity contribution < 1.29 is 19.1 Å². The number of carbonyl (C=O) groups is 1. The lowest BCUT2D eigenvalue weighted by Gasteiger charge is -2.16. The zero-order valence-electron chi connectivity index (χ0n) is 10.1. The molecule has 1 aromatic rings. The van der Waals surface area contributed by atoms with Crippen LogP contribution in [0.2, 0.25) is 5.02 Å². The first kappa shape index (κ1) is 13.6. The van der Waals surface area contributed by atoms with Gasteiger partial charge in [-0.15, -0.1) is 0 Å². The van der Waals surface area contributed by atoms with Gasteiger partial charge in [0.2, 0.25) is 0 Å². The average Bonchev–Trinajstić information content (AvgIpc) is 2.35. The van der Waals surface area contributed by atoms with Gasteiger partial charge >= 0.3 is 0 Å². The van der Waals surface area contributed by atoms with Gasteiger partial charge in [-0.1, -0.05) is 11.6 Å². The van der Waals surface area contributed by atoms with Crippen molar-refractivity contribution in [1.82, 2.24) is 5.06 Å². The summed E-state index contributed by atoms with van der Waals surface area (Å²) < 4.78 is 10.2. The average molecular weight is 260 g/mol. The zero-order chi connectivity index (χ0) is 13.0. The summed E-state index contributed by atoms with van der Waals surface area (Å²) in [6, 6.07) is 3.04. The summed E-state index contributed by atoms with van der Waals surface area (Å²) in [7, 11) is 5.86. The van der Waals surface area contributed by atoms with Crippen LogP contribution in [-0.4, -0.2) is 39.3 Å². The molecule has 0 unspecified atom stereocenters. The molecule has 0 aliphatic carbocycles. The number of hydrogen-bond donors (Lipinski definition) is 0. The quantitative estimate of drug-likeness (QED) is 0.776. The molecule has 0 N–H and O–H groups in total. The minimum absolute atomic E-state index is 0.305. The molecule has 1 rings (SSSR count). The standard InChI is InChI=1S/C11H14ClNO4/c1-13(17-4)11(14)7-5-8(12)10(16-3)9(6-7)15-2/h5-6H,1-4H3. The highest BCUT2D eigenvalue weighted by Crippen LogP contribution is 2.36. The van der Waals surface area contributed by atoms with Crippen LogP contribution in [0.3, 0.4) is 0 Å². The Hall–Kier alpha value is -1.46. The Kier molecular flexibility index (Phi) is 4.60. The highest BCUT2D eigenvalue weighted by atomic mass is 35.5. The van der Waals surface area contributed by atoms with E-state index >= 15 is 0 Å². The molecule has 94 valence electrons. The number of methoxy groups -OCH3 is 2. The van der Waals surface area contributed by atoms with Gasteiger partial charge in [0, 0.05) is 12.6 Å². The number of hydrogen-bond acceptors (Lipinski definition) is 4. The molecule has 1 aromatic carbocycles. The van der Waals surface area contributed by atoms with E-state index in [2.05, 4.69) is 0 Å². The molecular formula is C11H14ClNO4. The molecule has 5 nitrogen and oxygen atoms in total. The van der Waals surface area contributed by atoms with E-state index in [-0.39, 0.29) is 5.91 Å². The van der Waals surface area contributed by atoms with Gasteiger partial charge in [0.1, 0.15) is 0 Å². The number of ether oxygens (including phenoxy) is 2. The van der Waals surface area contributed by atoms with Crippen molar-refractivity contribution in [2.45, 2.75) is 0 Å². The van der Waals surface area contributed by atoms with E-state index in [0.29, 0.717) is 22.1 Å². The first-order chi connectivity index (χ1) is 8.04. The van der Waals surface area contributed by atoms with Gasteiger partial charge in [-0.25, -0.2) is 5.06 Å². The third-order valence-electron chi connectivity index (χ3n) is 2.24. The molecule has 0 heterocycles. The topological polar surface area (TPSA) is 48.0 Å². The van der Waals surface area contributed by atoms with Crippen LogP contribution in [0.4, 0.5) is 0 Å². The molecule has 0 spiro atoms. The van der Waals surface area contributed by atoms with Gasteiger partial charge in [0.05, 0.1) is 26.4 Å². The maximum Gasteiger partial charge on any atom is 0.277 e. The van der Waals surface area contributed by atoms with Gasteiger partial charge in [0.25, 0.3) is 5.91 Å². The second-order valence-corrected chi connectivity index (χ2v) is 3.59. The largest absolute Gasteiger partial charge is 0.493 e. The lowest BCUT2D eigenvalue weighted by atomic mass is 10.2. The predicted molar refractivity (Wildman–Crippen MR) is 63.7 cm³/mol. The molecule has 0 saturated carbocycles. The van der Waals surface area contributed by atoms with Crippen molar-refractivity contribution in [3.8, 4) is 11.5 Å². The van der Waals surface area contributed by atoms with Crippen molar-refractivity contribution in [3.63, 3.8) is 0 Å². The summed E-state index contributed by atoms with van der Waals surface area (Å²) in [4.78, 5) is 16.6. The van der Waals surface area contributed by atoms with Gasteiger partial charge in [-0.2, -0.15) is 0 Å². The number of benzene rings is 1. The summed E-state index contributed by atoms with van der Waals surface area (Å²) in [5, 5.41) is 1.40. The smallest absolute Gasteiger partial charge is 0.277 e. The predicted octanol–water partition coefficient (Wildman–Crippen LogP) is 1.99. The fourth-order valence-corrected chi connectivity index (χ4v) is 1.59. The van der Waals surface area contributed by atoms with Crippen LogP contribution in [0.5, 0.6) is 11.5 Å². The number of carbonyl (C=O) groups excluding carboxylic acids is 1. The molecule has 0 atom stereocenters. The molecule has 0 aliphatic heterocycles. The fourth-order valence-electron chi connectivity index (χ4n) is 1.31. The lowest BCUT2D eigenvalue weighted by Crippen LogP contribution is -2.25. The van der Waals surface area contributed by atoms with Crippen LogP contribution >= 0.6 is 11.6 Å². The maximum atomic E-state index is 11.8. The Morgan fingerprint density at radius 3 is 2.35 bits per heavy atom. The Bertz CT molecular complexity index is 422. The third kappa shape index (κ3) is 2.81. The van der Waals surface area contributed by atoms with Crippen LogP contribution in [0.1, 0.15) is 10.4 Å². The van der Waals surface area contributed by atoms with Crippen molar-refractivity contribution >= 4 is 17.5 Å². The fraction of sp³-hybridized carbons (Fsp3) is 0.364. The van der Waals surface area contributed by atoms with Crippen molar-refractivity contribution in [1.29, 1.82) is 0 Å². The minimum Gasteiger partial charge on any atom is -0.493 e. The van der Waals surface area contributed by atoms with Crippen molar-refractivity contribution in [2.75, 3.05) is 28.4 Å². The Morgan fingerprint density at radius 2 is 1.88 bits per heavy atom. The number of halogens is 1. The normalized spacial score (nSPS) is 9.94. The van der Waals surface area contributed by atoms with E-state index in [1.54, 1.807) is 6.07 Å². The molecule has 6 heteroatoms. The summed E-state index contributed by atoms with van der Waals surface area (Å²) >= 11 is 5.99. The first-order valence-corrected chi connectivity index (χ1v) is 5.16. The van der Waals surface area contributed by atoms with Crippen LogP contribution in [0.15, 0.2) is 12.1 Å². The van der Waals surface area contributed by atoms with Crippen LogP contribution in [0, 0.1) is 0 Å². The highest BCUT2D eigenvalue weighted by Gasteiger charge is 2.17. The number of rotatable bonds is 4. The van der Waals surface area contributed by atoms with Crippen molar-refractivity contribution in [2.24, 2.45) is 0 Å². The molecule has 0 aromatic heterocycles. The van der Waals surface area contributed by atoms with Gasteiger partial charge < -0.3 is 9.47 Å². The van der Waals surface area contributed by atoms with E-state index in [1.807, 2.05) is 0 Å². The van der Waals surface area contributed by atoms with Crippen molar-refractivity contribution in [3.05, 3.63) is 22.7 Å². The molecule has 0 aliphatic rings. The van der Waals surface area contributed by atoms with E-state index < -0.39 is 0 Å². The second kappa shape index (κ2) is 5.75. The molecule has 1 amide bonds. The van der Waals surface area contributed by atoms with Crippen LogP contribution in [-0.2, 0) is 4.84 Å². The highest BCUT2D eigenvalue weighted by molar-refractivity contribution is 6.32. The number of amides is 1.